The number of aldehydes is 1. The smallest absolute Gasteiger partial charge is 0.333 e. The molecule has 10 rings (SSSR count). The van der Waals surface area contributed by atoms with E-state index in [4.69, 9.17) is 90.0 Å². The second-order valence-corrected chi connectivity index (χ2v) is 33.5. The molecule has 62 heteroatoms. The molecule has 0 aromatic heterocycles. The number of aliphatic carboxylic acids is 1. The topological polar surface area (TPSA) is 932 Å². The van der Waals surface area contributed by atoms with E-state index in [-0.39, 0.29) is 6.29 Å². The van der Waals surface area contributed by atoms with E-state index in [0.29, 0.717) is 0 Å². The van der Waals surface area contributed by atoms with Gasteiger partial charge >= 0.3 is 18.0 Å². The van der Waals surface area contributed by atoms with Gasteiger partial charge in [-0.3, -0.25) is 39.6 Å². The minimum absolute atomic E-state index is 0.267. The summed E-state index contributed by atoms with van der Waals surface area (Å²) >= 11 is 0. The van der Waals surface area contributed by atoms with Crippen LogP contribution in [-0.2, 0) is 128 Å². The first-order chi connectivity index (χ1) is 64.2. The van der Waals surface area contributed by atoms with E-state index in [1.807, 2.05) is 21.7 Å². The third-order valence-corrected chi connectivity index (χ3v) is 24.1. The number of aliphatic hydroxyl groups excluding tert-OH is 22. The highest BCUT2D eigenvalue weighted by Gasteiger charge is 2.62. The molecule has 33 N–H and O–H groups in total. The van der Waals surface area contributed by atoms with Crippen LogP contribution in [0, 0.1) is 11.8 Å². The number of carbonyl (C=O) groups is 10. The number of hydrogen-bond donors (Lipinski definition) is 33. The molecular weight excluding hydrogens is 1860 g/mol. The fraction of sp³-hybridized carbons (Fsp3) is 0.865. The molecule has 10 fully saturated rings. The first kappa shape index (κ1) is 111. The molecule has 0 radical (unpaired) electrons. The Morgan fingerprint density at radius 1 is 0.287 bits per heavy atom. The van der Waals surface area contributed by atoms with Crippen LogP contribution in [-0.4, -0.2) is 526 Å². The van der Waals surface area contributed by atoms with Gasteiger partial charge in [-0.05, 0) is 0 Å². The summed E-state index contributed by atoms with van der Waals surface area (Å²) in [6.07, 6.45) is -92.0. The molecule has 0 saturated carbocycles. The number of carbonyl (C=O) groups excluding carboxylic acids is 9. The number of hydrazine groups is 2. The maximum atomic E-state index is 14.7. The molecule has 10 aliphatic rings. The summed E-state index contributed by atoms with van der Waals surface area (Å²) in [4.78, 5) is 132. The van der Waals surface area contributed by atoms with Gasteiger partial charge in [0.1, 0.15) is 207 Å². The summed E-state index contributed by atoms with van der Waals surface area (Å²) in [7, 11) is 2.17. The van der Waals surface area contributed by atoms with Crippen molar-refractivity contribution in [3.8, 4) is 0 Å². The van der Waals surface area contributed by atoms with Gasteiger partial charge in [-0.15, -0.1) is 0 Å². The number of urea groups is 2. The fourth-order valence-electron chi connectivity index (χ4n) is 16.7. The van der Waals surface area contributed by atoms with Gasteiger partial charge in [0, 0.05) is 66.8 Å². The summed E-state index contributed by atoms with van der Waals surface area (Å²) in [5.74, 6) is -10.8. The van der Waals surface area contributed by atoms with Gasteiger partial charge in [0.2, 0.25) is 23.6 Å². The lowest BCUT2D eigenvalue weighted by Crippen LogP contribution is -2.71. The summed E-state index contributed by atoms with van der Waals surface area (Å²) in [6.45, 7) is 0.289. The largest absolute Gasteiger partial charge is 0.479 e. The monoisotopic (exact) mass is 1980 g/mol. The van der Waals surface area contributed by atoms with Crippen molar-refractivity contribution in [1.82, 2.24) is 53.6 Å². The lowest BCUT2D eigenvalue weighted by atomic mass is 9.90. The molecule has 136 heavy (non-hydrogen) atoms. The SMILES string of the molecule is CO[C@@H]1OC(CO)[C@@H](O)[C@H](O[C@@H]2OC(C(=O)NNC(=O)NCC3O[C@H](O[C@H]4OC(CNC(=O)NNC(=O)C5O[C@@H](O[C@@H]6C(NC(C)=O)[C@H](OC)OC(CO)[C@H]6O)C(O)[C@@H](O)[C@@H]5O[C@@H]5OC(CO)[C@@H](O)[C@H](O[C@@H]6OC(C(=O)O)[C@@H](C)[C@H](O)C6O)C5NC(C)=O)[C@@H](O)[C@H](O)C4O)C(O)[C@@H](O)[C@@H]3O)[C@@H](O[C@@H]3OC(CO)[C@@H](O)[C@H](O[C@@H]4OC(C=O)[C@@H](C)[C@H](O)C4O)C3NC(C)=O)[C@H](O)C2O)C1NC(C)=O. The van der Waals surface area contributed by atoms with Crippen LogP contribution in [0.25, 0.3) is 0 Å². The molecule has 62 nitrogen and oxygen atoms in total. The third kappa shape index (κ3) is 25.1. The Balaban J connectivity index is 0.824. The Hall–Kier alpha value is -7.14. The standard InChI is InChI=1S/C74H120N10O52/c1-16-24(11-85)122-67(45(106)33(16)94)128-54-31(79-20(5)92)65(125-27(14-88)39(54)100)132-56-43(104)49(110)71(129-52-29(77-18(3)90)63(118-7)123-25(12-86)37(52)98)134-58(56)60(112)81-83-73(116)75-9-22-35(96)41(102)47(108)68(120-22)136-69-48(109)42(103)36(97)23(121-69)10-76-74(117)84-82-61(113)59-57(44(105)50(111)72(135-59)130-53-30(78-19(4)91)64(119-8)124-26(13-87)38(53)99)133-66-32(80-21(6)93)55(40(101)28(15-89)126-66)131-70-46(107)34(95)17(2)51(127-70)62(114)115/h11,16-17,22-59,63-72,86-89,94-111H,9-10,12-15H2,1-8H3,(H,77,90)(H,78,91)(H,79,92)(H,80,93)(H,81,112)(H,82,113)(H,114,115)(H2,75,83,116)(H2,76,84,117)/t16-,17+,22?,23?,24?,25?,26?,27?,28?,29?,30?,31?,32?,33+,34+,35-,36-,37-,38-,39-,40-,41+,42+,43-,44-,45?,46?,47?,48?,49?,50?,51?,52-,53-,54-,55-,56+,57+,58?,59?,63-,64-,65+,66+,67+,68-,69-,70+,71-,72-/m1/s1. The minimum Gasteiger partial charge on any atom is -0.479 e. The predicted molar refractivity (Wildman–Crippen MR) is 419 cm³/mol. The number of nitrogens with one attached hydrogen (secondary N) is 10. The summed E-state index contributed by atoms with van der Waals surface area (Å²) in [6, 6.07) is -10.0. The molecule has 50 atom stereocenters. The number of amides is 10. The van der Waals surface area contributed by atoms with Crippen LogP contribution in [0.4, 0.5) is 9.59 Å². The van der Waals surface area contributed by atoms with Crippen molar-refractivity contribution in [3.05, 3.63) is 0 Å². The van der Waals surface area contributed by atoms with Crippen LogP contribution in [0.15, 0.2) is 0 Å². The Morgan fingerprint density at radius 2 is 0.551 bits per heavy atom. The molecule has 778 valence electrons. The van der Waals surface area contributed by atoms with Gasteiger partial charge in [-0.1, -0.05) is 13.8 Å². The molecule has 10 aliphatic heterocycles. The zero-order valence-electron chi connectivity index (χ0n) is 73.3. The Kier molecular flexibility index (Phi) is 39.6. The fourth-order valence-corrected chi connectivity index (χ4v) is 16.7. The zero-order valence-corrected chi connectivity index (χ0v) is 73.3. The highest BCUT2D eigenvalue weighted by Crippen LogP contribution is 2.40. The number of carboxylic acids is 1. The normalized spacial score (nSPS) is 45.5. The number of rotatable bonds is 32. The van der Waals surface area contributed by atoms with E-state index in [1.54, 1.807) is 0 Å². The maximum Gasteiger partial charge on any atom is 0.333 e. The maximum absolute atomic E-state index is 14.7. The summed E-state index contributed by atoms with van der Waals surface area (Å²) in [5.41, 5.74) is 7.54. The first-order valence-electron chi connectivity index (χ1n) is 42.5. The van der Waals surface area contributed by atoms with Crippen molar-refractivity contribution in [2.45, 2.75) is 336 Å². The van der Waals surface area contributed by atoms with Crippen LogP contribution >= 0.6 is 0 Å². The highest BCUT2D eigenvalue weighted by molar-refractivity contribution is 5.86. The third-order valence-electron chi connectivity index (χ3n) is 24.1. The van der Waals surface area contributed by atoms with Gasteiger partial charge in [0.25, 0.3) is 11.8 Å². The zero-order chi connectivity index (χ0) is 101. The van der Waals surface area contributed by atoms with Crippen LogP contribution < -0.4 is 53.6 Å². The second kappa shape index (κ2) is 48.6. The molecule has 10 saturated heterocycles. The number of ether oxygens (including phenoxy) is 19. The van der Waals surface area contributed by atoms with Crippen molar-refractivity contribution in [1.29, 1.82) is 0 Å². The Morgan fingerprint density at radius 3 is 0.853 bits per heavy atom. The Labute approximate surface area is 768 Å². The highest BCUT2D eigenvalue weighted by atomic mass is 16.8. The lowest BCUT2D eigenvalue weighted by Gasteiger charge is -2.50. The van der Waals surface area contributed by atoms with Crippen molar-refractivity contribution in [2.75, 3.05) is 53.7 Å². The molecule has 0 spiro atoms. The molecule has 0 aromatic rings. The quantitative estimate of drug-likeness (QED) is 0.0220. The van der Waals surface area contributed by atoms with Crippen LogP contribution in [0.2, 0.25) is 0 Å². The van der Waals surface area contributed by atoms with Gasteiger partial charge in [-0.25, -0.2) is 25.2 Å². The van der Waals surface area contributed by atoms with Crippen molar-refractivity contribution < 1.29 is 255 Å². The van der Waals surface area contributed by atoms with Crippen molar-refractivity contribution in [3.63, 3.8) is 0 Å². The van der Waals surface area contributed by atoms with Gasteiger partial charge in [0.05, 0.1) is 38.6 Å². The van der Waals surface area contributed by atoms with Crippen LogP contribution in [0.3, 0.4) is 0 Å². The number of aliphatic hydroxyl groups is 22. The lowest BCUT2D eigenvalue weighted by molar-refractivity contribution is -0.372. The molecular formula is C74H120N10O52. The van der Waals surface area contributed by atoms with Crippen LogP contribution in [0.1, 0.15) is 41.5 Å². The average Bonchev–Trinajstić information content (AvgIpc) is 0.769. The molecule has 10 amide bonds. The van der Waals surface area contributed by atoms with E-state index in [9.17, 15) is 165 Å². The number of methoxy groups -OCH3 is 2. The summed E-state index contributed by atoms with van der Waals surface area (Å²) < 4.78 is 109. The molecule has 10 heterocycles. The van der Waals surface area contributed by atoms with Gasteiger partial charge < -0.3 is 244 Å². The van der Waals surface area contributed by atoms with E-state index in [1.165, 1.54) is 13.8 Å². The predicted octanol–water partition coefficient (Wildman–Crippen LogP) is -21.4. The van der Waals surface area contributed by atoms with E-state index in [0.717, 1.165) is 41.9 Å². The van der Waals surface area contributed by atoms with Gasteiger partial charge in [0.15, 0.2) is 81.2 Å². The first-order valence-corrected chi connectivity index (χ1v) is 42.5. The van der Waals surface area contributed by atoms with Crippen molar-refractivity contribution >= 4 is 59.8 Å². The molecule has 0 bridgehead atoms. The van der Waals surface area contributed by atoms with E-state index in [2.05, 4.69) is 31.9 Å². The second-order valence-electron chi connectivity index (χ2n) is 33.5. The molecule has 0 aliphatic carbocycles. The molecule has 0 aromatic carbocycles. The number of hydrogen-bond acceptors (Lipinski definition) is 51. The molecule has 20 unspecified atom stereocenters. The van der Waals surface area contributed by atoms with Crippen molar-refractivity contribution in [2.24, 2.45) is 11.8 Å². The summed E-state index contributed by atoms with van der Waals surface area (Å²) in [5, 5.41) is 270. The van der Waals surface area contributed by atoms with Gasteiger partial charge in [-0.2, -0.15) is 0 Å². The van der Waals surface area contributed by atoms with E-state index < -0.39 is 399 Å². The van der Waals surface area contributed by atoms with Crippen LogP contribution in [0.5, 0.6) is 0 Å². The minimum atomic E-state index is -2.55. The average molecular weight is 1980 g/mol. The van der Waals surface area contributed by atoms with E-state index >= 15 is 0 Å². The Bertz CT molecular complexity index is 3940. The number of carboxylic acid groups (broad SMARTS) is 1.